The van der Waals surface area contributed by atoms with Crippen LogP contribution in [0.1, 0.15) is 16.1 Å². The number of carbonyl (C=O) groups excluding carboxylic acids is 1. The van der Waals surface area contributed by atoms with E-state index in [1.807, 2.05) is 67.5 Å². The van der Waals surface area contributed by atoms with Crippen molar-refractivity contribution in [3.05, 3.63) is 66.0 Å². The predicted octanol–water partition coefficient (Wildman–Crippen LogP) is 2.29. The molecule has 0 aliphatic rings. The van der Waals surface area contributed by atoms with E-state index in [0.29, 0.717) is 18.7 Å². The maximum absolute atomic E-state index is 12.6. The maximum Gasteiger partial charge on any atom is 0.254 e. The van der Waals surface area contributed by atoms with Crippen LogP contribution in [0.25, 0.3) is 0 Å². The number of carbonyl (C=O) groups is 1. The molecule has 0 atom stereocenters. The van der Waals surface area contributed by atoms with Crippen molar-refractivity contribution in [1.29, 1.82) is 0 Å². The molecule has 1 heterocycles. The van der Waals surface area contributed by atoms with Gasteiger partial charge in [-0.1, -0.05) is 24.3 Å². The lowest BCUT2D eigenvalue weighted by Gasteiger charge is -2.24. The molecule has 0 N–H and O–H groups in total. The molecule has 0 saturated heterocycles. The van der Waals surface area contributed by atoms with Gasteiger partial charge in [-0.15, -0.1) is 0 Å². The number of pyridine rings is 1. The first kappa shape index (κ1) is 15.2. The molecule has 2 aromatic rings. The predicted molar refractivity (Wildman–Crippen MR) is 84.0 cm³/mol. The van der Waals surface area contributed by atoms with Gasteiger partial charge in [0.25, 0.3) is 5.91 Å². The number of rotatable bonds is 6. The standard InChI is InChI=1S/C17H21N3O/c1-19(2)12-13-20(14-16-10-6-7-11-18-16)17(21)15-8-4-3-5-9-15/h3-11H,12-14H2,1-2H3. The van der Waals surface area contributed by atoms with Crippen molar-refractivity contribution < 1.29 is 4.79 Å². The average Bonchev–Trinajstić information content (AvgIpc) is 2.52. The number of benzene rings is 1. The summed E-state index contributed by atoms with van der Waals surface area (Å²) in [6.07, 6.45) is 1.76. The zero-order valence-corrected chi connectivity index (χ0v) is 12.6. The lowest BCUT2D eigenvalue weighted by Crippen LogP contribution is -2.36. The van der Waals surface area contributed by atoms with E-state index in [9.17, 15) is 4.79 Å². The molecule has 4 heteroatoms. The third-order valence-corrected chi connectivity index (χ3v) is 3.20. The first-order valence-electron chi connectivity index (χ1n) is 7.06. The van der Waals surface area contributed by atoms with Gasteiger partial charge in [0.1, 0.15) is 0 Å². The van der Waals surface area contributed by atoms with Crippen LogP contribution in [-0.2, 0) is 6.54 Å². The van der Waals surface area contributed by atoms with E-state index < -0.39 is 0 Å². The van der Waals surface area contributed by atoms with Gasteiger partial charge in [-0.05, 0) is 38.4 Å². The molecule has 1 aromatic heterocycles. The monoisotopic (exact) mass is 283 g/mol. The number of amides is 1. The number of nitrogens with zero attached hydrogens (tertiary/aromatic N) is 3. The molecule has 0 saturated carbocycles. The molecule has 21 heavy (non-hydrogen) atoms. The molecule has 1 aromatic carbocycles. The third-order valence-electron chi connectivity index (χ3n) is 3.20. The Morgan fingerprint density at radius 3 is 2.33 bits per heavy atom. The van der Waals surface area contributed by atoms with Crippen LogP contribution in [0.4, 0.5) is 0 Å². The van der Waals surface area contributed by atoms with Crippen LogP contribution >= 0.6 is 0 Å². The SMILES string of the molecule is CN(C)CCN(Cc1ccccn1)C(=O)c1ccccc1. The Kier molecular flexibility index (Phi) is 5.46. The van der Waals surface area contributed by atoms with Crippen LogP contribution < -0.4 is 0 Å². The summed E-state index contributed by atoms with van der Waals surface area (Å²) in [7, 11) is 4.01. The van der Waals surface area contributed by atoms with Gasteiger partial charge in [0.15, 0.2) is 0 Å². The van der Waals surface area contributed by atoms with Gasteiger partial charge in [0.05, 0.1) is 12.2 Å². The highest BCUT2D eigenvalue weighted by atomic mass is 16.2. The van der Waals surface area contributed by atoms with Crippen molar-refractivity contribution in [2.24, 2.45) is 0 Å². The normalized spacial score (nSPS) is 10.6. The minimum absolute atomic E-state index is 0.0445. The summed E-state index contributed by atoms with van der Waals surface area (Å²) in [5.74, 6) is 0.0445. The summed E-state index contributed by atoms with van der Waals surface area (Å²) >= 11 is 0. The topological polar surface area (TPSA) is 36.4 Å². The van der Waals surface area contributed by atoms with Crippen LogP contribution in [-0.4, -0.2) is 47.9 Å². The highest BCUT2D eigenvalue weighted by molar-refractivity contribution is 5.94. The molecule has 110 valence electrons. The van der Waals surface area contributed by atoms with E-state index in [2.05, 4.69) is 9.88 Å². The summed E-state index contributed by atoms with van der Waals surface area (Å²) in [6, 6.07) is 15.2. The molecule has 0 spiro atoms. The summed E-state index contributed by atoms with van der Waals surface area (Å²) in [5, 5.41) is 0. The van der Waals surface area contributed by atoms with E-state index >= 15 is 0 Å². The minimum Gasteiger partial charge on any atom is -0.331 e. The zero-order chi connectivity index (χ0) is 15.1. The third kappa shape index (κ3) is 4.68. The second kappa shape index (κ2) is 7.55. The Balaban J connectivity index is 2.13. The van der Waals surface area contributed by atoms with Crippen molar-refractivity contribution in [3.63, 3.8) is 0 Å². The van der Waals surface area contributed by atoms with Gasteiger partial charge in [0.2, 0.25) is 0 Å². The lowest BCUT2D eigenvalue weighted by atomic mass is 10.2. The van der Waals surface area contributed by atoms with Crippen LogP contribution in [0.3, 0.4) is 0 Å². The molecule has 0 aliphatic carbocycles. The molecule has 0 bridgehead atoms. The fourth-order valence-electron chi connectivity index (χ4n) is 2.02. The van der Waals surface area contributed by atoms with Crippen LogP contribution in [0.2, 0.25) is 0 Å². The second-order valence-electron chi connectivity index (χ2n) is 5.22. The average molecular weight is 283 g/mol. The van der Waals surface area contributed by atoms with Crippen molar-refractivity contribution in [3.8, 4) is 0 Å². The fourth-order valence-corrected chi connectivity index (χ4v) is 2.02. The molecule has 1 amide bonds. The van der Waals surface area contributed by atoms with E-state index in [1.165, 1.54) is 0 Å². The van der Waals surface area contributed by atoms with E-state index in [1.54, 1.807) is 6.20 Å². The highest BCUT2D eigenvalue weighted by Gasteiger charge is 2.16. The van der Waals surface area contributed by atoms with Gasteiger partial charge in [-0.2, -0.15) is 0 Å². The first-order chi connectivity index (χ1) is 10.2. The molecule has 0 fully saturated rings. The van der Waals surface area contributed by atoms with E-state index in [4.69, 9.17) is 0 Å². The van der Waals surface area contributed by atoms with Crippen LogP contribution in [0.15, 0.2) is 54.7 Å². The van der Waals surface area contributed by atoms with Crippen molar-refractivity contribution in [2.45, 2.75) is 6.54 Å². The molecule has 2 rings (SSSR count). The smallest absolute Gasteiger partial charge is 0.254 e. The summed E-state index contributed by atoms with van der Waals surface area (Å²) in [4.78, 5) is 20.9. The Hall–Kier alpha value is -2.20. The van der Waals surface area contributed by atoms with E-state index in [-0.39, 0.29) is 5.91 Å². The van der Waals surface area contributed by atoms with Crippen molar-refractivity contribution in [2.75, 3.05) is 27.2 Å². The highest BCUT2D eigenvalue weighted by Crippen LogP contribution is 2.08. The first-order valence-corrected chi connectivity index (χ1v) is 7.06. The van der Waals surface area contributed by atoms with Crippen molar-refractivity contribution >= 4 is 5.91 Å². The van der Waals surface area contributed by atoms with Crippen molar-refractivity contribution in [1.82, 2.24) is 14.8 Å². The number of hydrogen-bond donors (Lipinski definition) is 0. The number of hydrogen-bond acceptors (Lipinski definition) is 3. The molecule has 0 aliphatic heterocycles. The largest absolute Gasteiger partial charge is 0.331 e. The Morgan fingerprint density at radius 1 is 1.00 bits per heavy atom. The quantitative estimate of drug-likeness (QED) is 0.816. The molecular formula is C17H21N3O. The van der Waals surface area contributed by atoms with Crippen LogP contribution in [0, 0.1) is 0 Å². The number of aromatic nitrogens is 1. The maximum atomic E-state index is 12.6. The second-order valence-corrected chi connectivity index (χ2v) is 5.22. The Labute approximate surface area is 126 Å². The summed E-state index contributed by atoms with van der Waals surface area (Å²) < 4.78 is 0. The van der Waals surface area contributed by atoms with Gasteiger partial charge >= 0.3 is 0 Å². The summed E-state index contributed by atoms with van der Waals surface area (Å²) in [6.45, 7) is 2.03. The Bertz CT molecular complexity index is 555. The zero-order valence-electron chi connectivity index (χ0n) is 12.6. The van der Waals surface area contributed by atoms with Gasteiger partial charge < -0.3 is 9.80 Å². The minimum atomic E-state index is 0.0445. The van der Waals surface area contributed by atoms with Gasteiger partial charge in [-0.3, -0.25) is 9.78 Å². The number of likely N-dealkylation sites (N-methyl/N-ethyl adjacent to an activating group) is 1. The van der Waals surface area contributed by atoms with Crippen LogP contribution in [0.5, 0.6) is 0 Å². The van der Waals surface area contributed by atoms with Gasteiger partial charge in [-0.25, -0.2) is 0 Å². The molecular weight excluding hydrogens is 262 g/mol. The lowest BCUT2D eigenvalue weighted by molar-refractivity contribution is 0.0730. The van der Waals surface area contributed by atoms with E-state index in [0.717, 1.165) is 12.2 Å². The molecule has 0 unspecified atom stereocenters. The Morgan fingerprint density at radius 2 is 1.71 bits per heavy atom. The summed E-state index contributed by atoms with van der Waals surface area (Å²) in [5.41, 5.74) is 1.62. The fraction of sp³-hybridized carbons (Fsp3) is 0.294. The molecule has 4 nitrogen and oxygen atoms in total. The molecule has 0 radical (unpaired) electrons. The van der Waals surface area contributed by atoms with Gasteiger partial charge in [0, 0.05) is 24.8 Å².